The number of carbonyl (C=O) groups excluding carboxylic acids is 2. The average molecular weight is 355 g/mol. The Morgan fingerprint density at radius 1 is 1.32 bits per heavy atom. The molecule has 1 atom stereocenters. The van der Waals surface area contributed by atoms with Gasteiger partial charge in [-0.05, 0) is 29.8 Å². The largest absolute Gasteiger partial charge is 0.497 e. The van der Waals surface area contributed by atoms with Gasteiger partial charge >= 0.3 is 0 Å². The number of hydrogen-bond donors (Lipinski definition) is 2. The summed E-state index contributed by atoms with van der Waals surface area (Å²) in [6.07, 6.45) is 1.59. The van der Waals surface area contributed by atoms with Crippen molar-refractivity contribution in [3.05, 3.63) is 54.1 Å². The van der Waals surface area contributed by atoms with Gasteiger partial charge in [-0.3, -0.25) is 9.59 Å². The number of ether oxygens (including phenoxy) is 1. The number of hydrazone groups is 1. The molecule has 128 valence electrons. The number of fused-ring (bicyclic) bond motifs is 1. The molecule has 2 amide bonds. The molecule has 7 heteroatoms. The van der Waals surface area contributed by atoms with Crippen LogP contribution in [-0.2, 0) is 9.59 Å². The molecule has 0 radical (unpaired) electrons. The Bertz CT molecular complexity index is 823. The van der Waals surface area contributed by atoms with Crippen molar-refractivity contribution in [2.45, 2.75) is 16.6 Å². The van der Waals surface area contributed by atoms with E-state index in [4.69, 9.17) is 4.74 Å². The molecule has 0 aromatic heterocycles. The second-order valence-corrected chi connectivity index (χ2v) is 6.61. The Labute approximate surface area is 149 Å². The fraction of sp³-hybridized carbons (Fsp3) is 0.167. The molecule has 2 aromatic carbocycles. The molecule has 3 rings (SSSR count). The van der Waals surface area contributed by atoms with Crippen molar-refractivity contribution in [2.75, 3.05) is 12.4 Å². The van der Waals surface area contributed by atoms with E-state index in [0.717, 1.165) is 16.1 Å². The van der Waals surface area contributed by atoms with Gasteiger partial charge in [0, 0.05) is 11.3 Å². The third kappa shape index (κ3) is 4.39. The van der Waals surface area contributed by atoms with Crippen LogP contribution in [-0.4, -0.2) is 30.4 Å². The second-order valence-electron chi connectivity index (χ2n) is 5.37. The molecule has 6 nitrogen and oxygen atoms in total. The van der Waals surface area contributed by atoms with Crippen LogP contribution in [0.1, 0.15) is 12.0 Å². The molecule has 2 N–H and O–H groups in total. The Kier molecular flexibility index (Phi) is 5.35. The van der Waals surface area contributed by atoms with E-state index in [1.807, 2.05) is 42.5 Å². The highest BCUT2D eigenvalue weighted by Gasteiger charge is 2.28. The molecule has 1 aliphatic rings. The molecule has 1 heterocycles. The number of methoxy groups -OCH3 is 1. The standard InChI is InChI=1S/C18H17N3O3S/c1-24-13-6-4-5-12(9-13)11-19-21-17(22)10-16-18(23)20-14-7-2-3-8-15(14)25-16/h2-9,11,16H,10H2,1H3,(H,20,23)(H,21,22)/b19-11-/t16-/m0/s1. The summed E-state index contributed by atoms with van der Waals surface area (Å²) >= 11 is 1.39. The lowest BCUT2D eigenvalue weighted by molar-refractivity contribution is -0.124. The molecule has 0 unspecified atom stereocenters. The van der Waals surface area contributed by atoms with Crippen molar-refractivity contribution in [2.24, 2.45) is 5.10 Å². The third-order valence-electron chi connectivity index (χ3n) is 3.57. The van der Waals surface area contributed by atoms with Crippen LogP contribution >= 0.6 is 11.8 Å². The van der Waals surface area contributed by atoms with Crippen molar-refractivity contribution in [3.8, 4) is 5.75 Å². The number of amides is 2. The van der Waals surface area contributed by atoms with Gasteiger partial charge in [0.1, 0.15) is 5.75 Å². The number of nitrogens with zero attached hydrogens (tertiary/aromatic N) is 1. The maximum Gasteiger partial charge on any atom is 0.241 e. The molecule has 0 saturated heterocycles. The lowest BCUT2D eigenvalue weighted by atomic mass is 10.2. The SMILES string of the molecule is COc1cccc(/C=N\NC(=O)C[C@@H]2Sc3ccccc3NC2=O)c1. The van der Waals surface area contributed by atoms with Crippen LogP contribution in [0.4, 0.5) is 5.69 Å². The van der Waals surface area contributed by atoms with Crippen LogP contribution in [0.3, 0.4) is 0 Å². The Morgan fingerprint density at radius 2 is 2.16 bits per heavy atom. The predicted molar refractivity (Wildman–Crippen MR) is 98.1 cm³/mol. The molecule has 1 aliphatic heterocycles. The van der Waals surface area contributed by atoms with E-state index >= 15 is 0 Å². The average Bonchev–Trinajstić information content (AvgIpc) is 2.62. The first-order valence-electron chi connectivity index (χ1n) is 7.68. The van der Waals surface area contributed by atoms with Crippen LogP contribution < -0.4 is 15.5 Å². The van der Waals surface area contributed by atoms with E-state index in [2.05, 4.69) is 15.8 Å². The van der Waals surface area contributed by atoms with Gasteiger partial charge < -0.3 is 10.1 Å². The highest BCUT2D eigenvalue weighted by molar-refractivity contribution is 8.01. The van der Waals surface area contributed by atoms with E-state index < -0.39 is 5.25 Å². The van der Waals surface area contributed by atoms with E-state index in [0.29, 0.717) is 5.75 Å². The number of thioether (sulfide) groups is 1. The van der Waals surface area contributed by atoms with Crippen molar-refractivity contribution in [3.63, 3.8) is 0 Å². The molecule has 2 aromatic rings. The number of para-hydroxylation sites is 1. The van der Waals surface area contributed by atoms with Crippen molar-refractivity contribution in [1.82, 2.24) is 5.43 Å². The van der Waals surface area contributed by atoms with Gasteiger partial charge in [-0.2, -0.15) is 5.10 Å². The zero-order valence-corrected chi connectivity index (χ0v) is 14.4. The number of nitrogens with one attached hydrogen (secondary N) is 2. The van der Waals surface area contributed by atoms with Gasteiger partial charge in [-0.15, -0.1) is 11.8 Å². The van der Waals surface area contributed by atoms with Gasteiger partial charge in [-0.25, -0.2) is 5.43 Å². The lowest BCUT2D eigenvalue weighted by Crippen LogP contribution is -2.33. The number of anilines is 1. The van der Waals surface area contributed by atoms with E-state index in [-0.39, 0.29) is 18.2 Å². The van der Waals surface area contributed by atoms with Crippen molar-refractivity contribution < 1.29 is 14.3 Å². The topological polar surface area (TPSA) is 79.8 Å². The molecule has 0 spiro atoms. The lowest BCUT2D eigenvalue weighted by Gasteiger charge is -2.23. The Balaban J connectivity index is 1.56. The van der Waals surface area contributed by atoms with Crippen LogP contribution in [0.15, 0.2) is 58.5 Å². The molecule has 0 bridgehead atoms. The normalized spacial score (nSPS) is 16.2. The summed E-state index contributed by atoms with van der Waals surface area (Å²) in [5.74, 6) is 0.228. The zero-order chi connectivity index (χ0) is 17.6. The minimum atomic E-state index is -0.470. The summed E-state index contributed by atoms with van der Waals surface area (Å²) in [5, 5.41) is 6.28. The highest BCUT2D eigenvalue weighted by atomic mass is 32.2. The van der Waals surface area contributed by atoms with Gasteiger partial charge in [0.2, 0.25) is 11.8 Å². The number of carbonyl (C=O) groups is 2. The van der Waals surface area contributed by atoms with Crippen LogP contribution in [0.2, 0.25) is 0 Å². The summed E-state index contributed by atoms with van der Waals surface area (Å²) in [6, 6.07) is 14.8. The van der Waals surface area contributed by atoms with Gasteiger partial charge in [-0.1, -0.05) is 24.3 Å². The zero-order valence-electron chi connectivity index (χ0n) is 13.6. The fourth-order valence-electron chi connectivity index (χ4n) is 2.34. The smallest absolute Gasteiger partial charge is 0.241 e. The second kappa shape index (κ2) is 7.85. The van der Waals surface area contributed by atoms with Crippen LogP contribution in [0.5, 0.6) is 5.75 Å². The monoisotopic (exact) mass is 355 g/mol. The summed E-state index contributed by atoms with van der Waals surface area (Å²) in [6.45, 7) is 0. The fourth-order valence-corrected chi connectivity index (χ4v) is 3.45. The maximum atomic E-state index is 12.1. The number of benzene rings is 2. The van der Waals surface area contributed by atoms with Crippen molar-refractivity contribution >= 4 is 35.5 Å². The number of hydrogen-bond acceptors (Lipinski definition) is 5. The van der Waals surface area contributed by atoms with Crippen LogP contribution in [0.25, 0.3) is 0 Å². The maximum absolute atomic E-state index is 12.1. The summed E-state index contributed by atoms with van der Waals surface area (Å²) in [4.78, 5) is 25.1. The summed E-state index contributed by atoms with van der Waals surface area (Å²) < 4.78 is 5.13. The van der Waals surface area contributed by atoms with E-state index in [9.17, 15) is 9.59 Å². The molecular formula is C18H17N3O3S. The van der Waals surface area contributed by atoms with Gasteiger partial charge in [0.15, 0.2) is 0 Å². The third-order valence-corrected chi connectivity index (χ3v) is 4.85. The first-order valence-corrected chi connectivity index (χ1v) is 8.56. The predicted octanol–water partition coefficient (Wildman–Crippen LogP) is 2.65. The van der Waals surface area contributed by atoms with E-state index in [1.54, 1.807) is 13.2 Å². The summed E-state index contributed by atoms with van der Waals surface area (Å²) in [7, 11) is 1.59. The molecule has 0 fully saturated rings. The minimum Gasteiger partial charge on any atom is -0.497 e. The first kappa shape index (κ1) is 17.0. The summed E-state index contributed by atoms with van der Waals surface area (Å²) in [5.41, 5.74) is 4.04. The molecule has 0 saturated carbocycles. The van der Waals surface area contributed by atoms with Gasteiger partial charge in [0.25, 0.3) is 0 Å². The molecule has 0 aliphatic carbocycles. The highest BCUT2D eigenvalue weighted by Crippen LogP contribution is 2.36. The Hall–Kier alpha value is -2.80. The molecular weight excluding hydrogens is 338 g/mol. The minimum absolute atomic E-state index is 0.0558. The van der Waals surface area contributed by atoms with Gasteiger partial charge in [0.05, 0.1) is 24.3 Å². The quantitative estimate of drug-likeness (QED) is 0.638. The number of rotatable bonds is 5. The van der Waals surface area contributed by atoms with E-state index in [1.165, 1.54) is 18.0 Å². The van der Waals surface area contributed by atoms with Crippen molar-refractivity contribution in [1.29, 1.82) is 0 Å². The molecule has 25 heavy (non-hydrogen) atoms. The first-order chi connectivity index (χ1) is 12.2. The van der Waals surface area contributed by atoms with Crippen LogP contribution in [0, 0.1) is 0 Å². The Morgan fingerprint density at radius 3 is 3.00 bits per heavy atom.